The summed E-state index contributed by atoms with van der Waals surface area (Å²) in [4.78, 5) is 0. The Balaban J connectivity index is 2.12. The molecule has 1 aromatic carbocycles. The average Bonchev–Trinajstić information content (AvgIpc) is 2.89. The lowest BCUT2D eigenvalue weighted by Gasteiger charge is -2.22. The van der Waals surface area contributed by atoms with Crippen LogP contribution in [-0.2, 0) is 10.3 Å². The van der Waals surface area contributed by atoms with Crippen molar-refractivity contribution in [3.63, 3.8) is 0 Å². The van der Waals surface area contributed by atoms with E-state index in [9.17, 15) is 5.11 Å². The summed E-state index contributed by atoms with van der Waals surface area (Å²) in [5.41, 5.74) is 0.216. The van der Waals surface area contributed by atoms with Crippen molar-refractivity contribution in [3.8, 4) is 0 Å². The van der Waals surface area contributed by atoms with Crippen LogP contribution in [0.3, 0.4) is 0 Å². The van der Waals surface area contributed by atoms with Crippen molar-refractivity contribution in [1.82, 2.24) is 0 Å². The summed E-state index contributed by atoms with van der Waals surface area (Å²) < 4.78 is 5.11. The SMILES string of the molecule is C[C@@](O)(C[C@H]1CO1)c1ccccc1. The largest absolute Gasteiger partial charge is 0.385 e. The van der Waals surface area contributed by atoms with Crippen LogP contribution in [0.25, 0.3) is 0 Å². The van der Waals surface area contributed by atoms with Gasteiger partial charge in [-0.1, -0.05) is 30.3 Å². The van der Waals surface area contributed by atoms with Gasteiger partial charge in [-0.3, -0.25) is 0 Å². The van der Waals surface area contributed by atoms with Crippen LogP contribution in [0.2, 0.25) is 0 Å². The van der Waals surface area contributed by atoms with Gasteiger partial charge < -0.3 is 9.84 Å². The third-order valence-electron chi connectivity index (χ3n) is 2.42. The van der Waals surface area contributed by atoms with E-state index in [2.05, 4.69) is 0 Å². The lowest BCUT2D eigenvalue weighted by molar-refractivity contribution is 0.0396. The molecule has 0 amide bonds. The van der Waals surface area contributed by atoms with Crippen LogP contribution in [0.1, 0.15) is 18.9 Å². The molecule has 2 rings (SSSR count). The number of aliphatic hydroxyl groups is 1. The molecule has 2 atom stereocenters. The second kappa shape index (κ2) is 3.13. The van der Waals surface area contributed by atoms with Gasteiger partial charge in [-0.15, -0.1) is 0 Å². The number of benzene rings is 1. The molecule has 1 N–H and O–H groups in total. The molecule has 1 heterocycles. The molecule has 1 aliphatic heterocycles. The Bertz CT molecular complexity index is 275. The zero-order chi connectivity index (χ0) is 9.31. The summed E-state index contributed by atoms with van der Waals surface area (Å²) in [6.45, 7) is 2.63. The maximum Gasteiger partial charge on any atom is 0.0894 e. The van der Waals surface area contributed by atoms with Gasteiger partial charge in [-0.2, -0.15) is 0 Å². The average molecular weight is 178 g/mol. The quantitative estimate of drug-likeness (QED) is 0.714. The van der Waals surface area contributed by atoms with E-state index in [-0.39, 0.29) is 6.10 Å². The predicted octanol–water partition coefficient (Wildman–Crippen LogP) is 1.68. The van der Waals surface area contributed by atoms with Crippen molar-refractivity contribution < 1.29 is 9.84 Å². The Morgan fingerprint density at radius 1 is 1.46 bits per heavy atom. The molecule has 0 bridgehead atoms. The fourth-order valence-corrected chi connectivity index (χ4v) is 1.54. The van der Waals surface area contributed by atoms with Crippen molar-refractivity contribution in [2.24, 2.45) is 0 Å². The van der Waals surface area contributed by atoms with Gasteiger partial charge in [0.25, 0.3) is 0 Å². The summed E-state index contributed by atoms with van der Waals surface area (Å²) in [5.74, 6) is 0. The summed E-state index contributed by atoms with van der Waals surface area (Å²) in [5, 5.41) is 10.1. The predicted molar refractivity (Wildman–Crippen MR) is 50.4 cm³/mol. The van der Waals surface area contributed by atoms with Gasteiger partial charge >= 0.3 is 0 Å². The van der Waals surface area contributed by atoms with Crippen LogP contribution in [0.4, 0.5) is 0 Å². The molecule has 0 unspecified atom stereocenters. The topological polar surface area (TPSA) is 32.8 Å². The highest BCUT2D eigenvalue weighted by atomic mass is 16.6. The Labute approximate surface area is 78.2 Å². The van der Waals surface area contributed by atoms with Crippen LogP contribution >= 0.6 is 0 Å². The molecule has 0 saturated carbocycles. The van der Waals surface area contributed by atoms with Crippen molar-refractivity contribution in [1.29, 1.82) is 0 Å². The van der Waals surface area contributed by atoms with Gasteiger partial charge in [-0.05, 0) is 12.5 Å². The van der Waals surface area contributed by atoms with E-state index in [1.807, 2.05) is 37.3 Å². The van der Waals surface area contributed by atoms with Gasteiger partial charge in [-0.25, -0.2) is 0 Å². The maximum atomic E-state index is 10.1. The maximum absolute atomic E-state index is 10.1. The molecule has 70 valence electrons. The molecule has 0 aromatic heterocycles. The third kappa shape index (κ3) is 2.08. The van der Waals surface area contributed by atoms with Gasteiger partial charge in [0.1, 0.15) is 0 Å². The van der Waals surface area contributed by atoms with E-state index < -0.39 is 5.60 Å². The summed E-state index contributed by atoms with van der Waals surface area (Å²) in [7, 11) is 0. The van der Waals surface area contributed by atoms with Crippen LogP contribution in [-0.4, -0.2) is 17.8 Å². The molecule has 13 heavy (non-hydrogen) atoms. The smallest absolute Gasteiger partial charge is 0.0894 e. The number of rotatable bonds is 3. The molecule has 0 aliphatic carbocycles. The van der Waals surface area contributed by atoms with Gasteiger partial charge in [0.2, 0.25) is 0 Å². The highest BCUT2D eigenvalue weighted by Gasteiger charge is 2.33. The number of epoxide rings is 1. The van der Waals surface area contributed by atoms with Crippen LogP contribution in [0, 0.1) is 0 Å². The monoisotopic (exact) mass is 178 g/mol. The molecule has 2 heteroatoms. The zero-order valence-electron chi connectivity index (χ0n) is 7.73. The number of hydrogen-bond acceptors (Lipinski definition) is 2. The first-order valence-corrected chi connectivity index (χ1v) is 4.58. The van der Waals surface area contributed by atoms with Crippen molar-refractivity contribution in [2.45, 2.75) is 25.0 Å². The zero-order valence-corrected chi connectivity index (χ0v) is 7.73. The fraction of sp³-hybridized carbons (Fsp3) is 0.455. The van der Waals surface area contributed by atoms with Crippen LogP contribution in [0.15, 0.2) is 30.3 Å². The fourth-order valence-electron chi connectivity index (χ4n) is 1.54. The molecule has 1 fully saturated rings. The summed E-state index contributed by atoms with van der Waals surface area (Å²) in [6.07, 6.45) is 0.951. The van der Waals surface area contributed by atoms with Crippen molar-refractivity contribution >= 4 is 0 Å². The minimum Gasteiger partial charge on any atom is -0.385 e. The lowest BCUT2D eigenvalue weighted by atomic mass is 9.91. The van der Waals surface area contributed by atoms with Gasteiger partial charge in [0.15, 0.2) is 0 Å². The van der Waals surface area contributed by atoms with E-state index in [1.54, 1.807) is 0 Å². The van der Waals surface area contributed by atoms with E-state index in [0.29, 0.717) is 6.42 Å². The lowest BCUT2D eigenvalue weighted by Crippen LogP contribution is -2.23. The first-order valence-electron chi connectivity index (χ1n) is 4.58. The first-order chi connectivity index (χ1) is 6.18. The standard InChI is InChI=1S/C11H14O2/c1-11(12,7-10-8-13-10)9-5-3-2-4-6-9/h2-6,10,12H,7-8H2,1H3/t10-,11+/m0/s1. The molecule has 2 nitrogen and oxygen atoms in total. The van der Waals surface area contributed by atoms with Crippen molar-refractivity contribution in [3.05, 3.63) is 35.9 Å². The Morgan fingerprint density at radius 2 is 2.08 bits per heavy atom. The first kappa shape index (κ1) is 8.73. The Morgan fingerprint density at radius 3 is 2.62 bits per heavy atom. The van der Waals surface area contributed by atoms with Gasteiger partial charge in [0.05, 0.1) is 18.3 Å². The second-order valence-corrected chi connectivity index (χ2v) is 3.80. The van der Waals surface area contributed by atoms with Gasteiger partial charge in [0, 0.05) is 6.42 Å². The molecular weight excluding hydrogens is 164 g/mol. The van der Waals surface area contributed by atoms with Crippen LogP contribution < -0.4 is 0 Å². The molecular formula is C11H14O2. The van der Waals surface area contributed by atoms with E-state index >= 15 is 0 Å². The molecule has 1 aliphatic rings. The minimum atomic E-state index is -0.748. The highest BCUT2D eigenvalue weighted by molar-refractivity contribution is 5.21. The summed E-state index contributed by atoms with van der Waals surface area (Å²) >= 11 is 0. The number of ether oxygens (including phenoxy) is 1. The molecule has 0 radical (unpaired) electrons. The van der Waals surface area contributed by atoms with E-state index in [4.69, 9.17) is 4.74 Å². The summed E-state index contributed by atoms with van der Waals surface area (Å²) in [6, 6.07) is 9.73. The van der Waals surface area contributed by atoms with Crippen molar-refractivity contribution in [2.75, 3.05) is 6.61 Å². The molecule has 0 spiro atoms. The van der Waals surface area contributed by atoms with Crippen LogP contribution in [0.5, 0.6) is 0 Å². The highest BCUT2D eigenvalue weighted by Crippen LogP contribution is 2.30. The minimum absolute atomic E-state index is 0.259. The molecule has 1 saturated heterocycles. The molecule has 1 aromatic rings. The Hall–Kier alpha value is -0.860. The Kier molecular flexibility index (Phi) is 2.10. The van der Waals surface area contributed by atoms with E-state index in [1.165, 1.54) is 0 Å². The third-order valence-corrected chi connectivity index (χ3v) is 2.42. The second-order valence-electron chi connectivity index (χ2n) is 3.80. The van der Waals surface area contributed by atoms with E-state index in [0.717, 1.165) is 12.2 Å². The number of hydrogen-bond donors (Lipinski definition) is 1. The normalized spacial score (nSPS) is 25.2.